The molecule has 3 aromatic rings. The second kappa shape index (κ2) is 9.52. The summed E-state index contributed by atoms with van der Waals surface area (Å²) in [6.07, 6.45) is 1.60. The molecule has 1 saturated heterocycles. The van der Waals surface area contributed by atoms with Crippen molar-refractivity contribution in [3.63, 3.8) is 0 Å². The first-order valence-electron chi connectivity index (χ1n) is 10.8. The molecule has 0 spiro atoms. The lowest BCUT2D eigenvalue weighted by atomic mass is 9.97. The lowest BCUT2D eigenvalue weighted by molar-refractivity contribution is 0.0695. The highest BCUT2D eigenvalue weighted by Crippen LogP contribution is 2.30. The Bertz CT molecular complexity index is 1250. The summed E-state index contributed by atoms with van der Waals surface area (Å²) < 4.78 is 33.4. The van der Waals surface area contributed by atoms with Crippen LogP contribution < -0.4 is 4.31 Å². The van der Waals surface area contributed by atoms with Gasteiger partial charge in [-0.2, -0.15) is 4.98 Å². The van der Waals surface area contributed by atoms with Crippen LogP contribution in [0.15, 0.2) is 57.9 Å². The minimum Gasteiger partial charge on any atom is -0.339 e. The molecule has 1 atom stereocenters. The maximum atomic E-state index is 13.4. The Labute approximate surface area is 198 Å². The number of halogens is 1. The number of para-hydroxylation sites is 1. The van der Waals surface area contributed by atoms with Gasteiger partial charge >= 0.3 is 0 Å². The molecule has 10 heteroatoms. The van der Waals surface area contributed by atoms with Gasteiger partial charge in [0, 0.05) is 19.6 Å². The van der Waals surface area contributed by atoms with Gasteiger partial charge in [0.2, 0.25) is 5.89 Å². The predicted octanol–water partition coefficient (Wildman–Crippen LogP) is 4.27. The molecule has 0 aliphatic carbocycles. The predicted molar refractivity (Wildman–Crippen MR) is 125 cm³/mol. The van der Waals surface area contributed by atoms with E-state index in [0.717, 1.165) is 12.8 Å². The number of hydrogen-bond acceptors (Lipinski definition) is 6. The smallest absolute Gasteiger partial charge is 0.264 e. The standard InChI is InChI=1S/C23H25ClN4O4S/c1-3-28(18-9-5-4-6-10-18)33(30,31)19-11-12-21(24)20(14-19)23(29)27-13-7-8-17(15-27)22-25-16(2)26-32-22/h4-6,9-12,14,17H,3,7-8,13,15H2,1-2H3. The van der Waals surface area contributed by atoms with Gasteiger partial charge in [-0.05, 0) is 57.0 Å². The summed E-state index contributed by atoms with van der Waals surface area (Å²) in [4.78, 5) is 19.3. The summed E-state index contributed by atoms with van der Waals surface area (Å²) in [6.45, 7) is 4.70. The van der Waals surface area contributed by atoms with Crippen LogP contribution in [0.1, 0.15) is 47.8 Å². The molecular formula is C23H25ClN4O4S. The zero-order chi connectivity index (χ0) is 23.6. The highest BCUT2D eigenvalue weighted by Gasteiger charge is 2.31. The summed E-state index contributed by atoms with van der Waals surface area (Å²) >= 11 is 6.35. The van der Waals surface area contributed by atoms with Gasteiger partial charge in [0.1, 0.15) is 0 Å². The topological polar surface area (TPSA) is 96.6 Å². The van der Waals surface area contributed by atoms with Crippen LogP contribution in [-0.2, 0) is 10.0 Å². The average Bonchev–Trinajstić information content (AvgIpc) is 3.26. The molecule has 1 aliphatic heterocycles. The van der Waals surface area contributed by atoms with Crippen molar-refractivity contribution >= 4 is 33.2 Å². The number of carbonyl (C=O) groups excluding carboxylic acids is 1. The molecular weight excluding hydrogens is 464 g/mol. The normalized spacial score (nSPS) is 16.6. The first kappa shape index (κ1) is 23.3. The second-order valence-corrected chi connectivity index (χ2v) is 10.2. The van der Waals surface area contributed by atoms with Crippen LogP contribution in [-0.4, -0.2) is 49.0 Å². The van der Waals surface area contributed by atoms with Gasteiger partial charge in [0.05, 0.1) is 27.1 Å². The van der Waals surface area contributed by atoms with Crippen LogP contribution in [0, 0.1) is 6.92 Å². The number of piperidine rings is 1. The maximum Gasteiger partial charge on any atom is 0.264 e. The van der Waals surface area contributed by atoms with Crippen molar-refractivity contribution in [1.29, 1.82) is 0 Å². The third-order valence-corrected chi connectivity index (χ3v) is 7.92. The largest absolute Gasteiger partial charge is 0.339 e. The van der Waals surface area contributed by atoms with Crippen molar-refractivity contribution in [2.45, 2.75) is 37.5 Å². The van der Waals surface area contributed by atoms with Crippen LogP contribution >= 0.6 is 11.6 Å². The lowest BCUT2D eigenvalue weighted by Crippen LogP contribution is -2.39. The maximum absolute atomic E-state index is 13.4. The third kappa shape index (κ3) is 4.74. The summed E-state index contributed by atoms with van der Waals surface area (Å²) in [5.74, 6) is 0.672. The zero-order valence-corrected chi connectivity index (χ0v) is 20.0. The van der Waals surface area contributed by atoms with E-state index in [9.17, 15) is 13.2 Å². The average molecular weight is 489 g/mol. The van der Waals surface area contributed by atoms with Crippen LogP contribution in [0.3, 0.4) is 0 Å². The summed E-state index contributed by atoms with van der Waals surface area (Å²) in [6, 6.07) is 13.1. The van der Waals surface area contributed by atoms with Crippen LogP contribution in [0.2, 0.25) is 5.02 Å². The Balaban J connectivity index is 1.62. The first-order chi connectivity index (χ1) is 15.8. The van der Waals surface area contributed by atoms with Gasteiger partial charge < -0.3 is 9.42 Å². The molecule has 8 nitrogen and oxygen atoms in total. The van der Waals surface area contributed by atoms with E-state index in [1.807, 2.05) is 6.07 Å². The molecule has 33 heavy (non-hydrogen) atoms. The lowest BCUT2D eigenvalue weighted by Gasteiger charge is -2.31. The van der Waals surface area contributed by atoms with E-state index in [-0.39, 0.29) is 33.9 Å². The van der Waals surface area contributed by atoms with Crippen molar-refractivity contribution < 1.29 is 17.7 Å². The fourth-order valence-corrected chi connectivity index (χ4v) is 5.75. The Morgan fingerprint density at radius 3 is 2.67 bits per heavy atom. The molecule has 1 fully saturated rings. The van der Waals surface area contributed by atoms with Crippen molar-refractivity contribution in [3.05, 3.63) is 70.8 Å². The molecule has 1 unspecified atom stereocenters. The number of nitrogens with zero attached hydrogens (tertiary/aromatic N) is 4. The molecule has 1 amide bonds. The molecule has 4 rings (SSSR count). The van der Waals surface area contributed by atoms with Gasteiger partial charge in [-0.3, -0.25) is 9.10 Å². The fourth-order valence-electron chi connectivity index (χ4n) is 4.05. The van der Waals surface area contributed by atoms with E-state index in [0.29, 0.717) is 30.5 Å². The first-order valence-corrected chi connectivity index (χ1v) is 12.6. The van der Waals surface area contributed by atoms with Gasteiger partial charge in [-0.1, -0.05) is 35.0 Å². The molecule has 0 radical (unpaired) electrons. The number of sulfonamides is 1. The fraction of sp³-hybridized carbons (Fsp3) is 0.348. The van der Waals surface area contributed by atoms with Crippen molar-refractivity contribution in [2.75, 3.05) is 23.9 Å². The molecule has 2 aromatic carbocycles. The monoisotopic (exact) mass is 488 g/mol. The molecule has 0 N–H and O–H groups in total. The third-order valence-electron chi connectivity index (χ3n) is 5.69. The van der Waals surface area contributed by atoms with E-state index < -0.39 is 10.0 Å². The van der Waals surface area contributed by atoms with E-state index in [1.165, 1.54) is 22.5 Å². The van der Waals surface area contributed by atoms with Gasteiger partial charge in [0.15, 0.2) is 5.82 Å². The van der Waals surface area contributed by atoms with Crippen LogP contribution in [0.4, 0.5) is 5.69 Å². The van der Waals surface area contributed by atoms with Gasteiger partial charge in [-0.25, -0.2) is 8.42 Å². The molecule has 2 heterocycles. The number of carbonyl (C=O) groups is 1. The van der Waals surface area contributed by atoms with Crippen molar-refractivity contribution in [2.24, 2.45) is 0 Å². The quantitative estimate of drug-likeness (QED) is 0.514. The van der Waals surface area contributed by atoms with E-state index >= 15 is 0 Å². The van der Waals surface area contributed by atoms with E-state index in [2.05, 4.69) is 10.1 Å². The number of anilines is 1. The van der Waals surface area contributed by atoms with Crippen LogP contribution in [0.5, 0.6) is 0 Å². The highest BCUT2D eigenvalue weighted by atomic mass is 35.5. The Morgan fingerprint density at radius 2 is 2.00 bits per heavy atom. The number of rotatable bonds is 6. The Kier molecular flexibility index (Phi) is 6.71. The molecule has 1 aliphatic rings. The zero-order valence-electron chi connectivity index (χ0n) is 18.4. The Hall–Kier alpha value is -2.91. The number of benzene rings is 2. The number of aromatic nitrogens is 2. The summed E-state index contributed by atoms with van der Waals surface area (Å²) in [7, 11) is -3.89. The molecule has 174 valence electrons. The second-order valence-electron chi connectivity index (χ2n) is 7.92. The molecule has 1 aromatic heterocycles. The molecule has 0 saturated carbocycles. The van der Waals surface area contributed by atoms with E-state index in [1.54, 1.807) is 43.0 Å². The van der Waals surface area contributed by atoms with Crippen LogP contribution in [0.25, 0.3) is 0 Å². The van der Waals surface area contributed by atoms with Gasteiger partial charge in [0.25, 0.3) is 15.9 Å². The highest BCUT2D eigenvalue weighted by molar-refractivity contribution is 7.92. The summed E-state index contributed by atoms with van der Waals surface area (Å²) in [5, 5.41) is 4.05. The number of hydrogen-bond donors (Lipinski definition) is 0. The summed E-state index contributed by atoms with van der Waals surface area (Å²) in [5.41, 5.74) is 0.709. The SMILES string of the molecule is CCN(c1ccccc1)S(=O)(=O)c1ccc(Cl)c(C(=O)N2CCCC(c3nc(C)no3)C2)c1. The van der Waals surface area contributed by atoms with Gasteiger partial charge in [-0.15, -0.1) is 0 Å². The van der Waals surface area contributed by atoms with Crippen molar-refractivity contribution in [3.8, 4) is 0 Å². The van der Waals surface area contributed by atoms with Crippen molar-refractivity contribution in [1.82, 2.24) is 15.0 Å². The minimum atomic E-state index is -3.89. The molecule has 0 bridgehead atoms. The number of likely N-dealkylation sites (tertiary alicyclic amines) is 1. The Morgan fingerprint density at radius 1 is 1.24 bits per heavy atom. The van der Waals surface area contributed by atoms with E-state index in [4.69, 9.17) is 16.1 Å². The minimum absolute atomic E-state index is 0.0158. The number of aryl methyl sites for hydroxylation is 1. The number of amides is 1.